The first kappa shape index (κ1) is 15.3. The molecule has 5 nitrogen and oxygen atoms in total. The van der Waals surface area contributed by atoms with Gasteiger partial charge in [0.25, 0.3) is 0 Å². The highest BCUT2D eigenvalue weighted by molar-refractivity contribution is 7.86. The molecule has 120 valence electrons. The zero-order chi connectivity index (χ0) is 15.7. The summed E-state index contributed by atoms with van der Waals surface area (Å²) in [4.78, 5) is 16.1. The van der Waals surface area contributed by atoms with Gasteiger partial charge in [-0.15, -0.1) is 3.89 Å². The third kappa shape index (κ3) is 3.24. The number of benzene rings is 1. The van der Waals surface area contributed by atoms with Crippen LogP contribution in [0.3, 0.4) is 0 Å². The summed E-state index contributed by atoms with van der Waals surface area (Å²) >= 11 is 0. The van der Waals surface area contributed by atoms with Crippen molar-refractivity contribution >= 4 is 27.5 Å². The zero-order valence-electron chi connectivity index (χ0n) is 12.2. The standard InChI is InChI=1S/C15H19FN2O3S/c16-22(20,21)11-12-9-15(19)18(10-12)14-6-2-1-5-13(14)17-7-3-4-8-17/h1-2,5-6,12H,3-4,7-11H2. The van der Waals surface area contributed by atoms with Crippen LogP contribution in [0.5, 0.6) is 0 Å². The second-order valence-corrected chi connectivity index (χ2v) is 7.37. The van der Waals surface area contributed by atoms with Gasteiger partial charge >= 0.3 is 10.2 Å². The summed E-state index contributed by atoms with van der Waals surface area (Å²) in [5, 5.41) is 0. The van der Waals surface area contributed by atoms with Crippen LogP contribution in [0.2, 0.25) is 0 Å². The van der Waals surface area contributed by atoms with E-state index in [9.17, 15) is 17.1 Å². The molecule has 2 aliphatic rings. The summed E-state index contributed by atoms with van der Waals surface area (Å²) < 4.78 is 34.5. The van der Waals surface area contributed by atoms with Gasteiger partial charge in [-0.2, -0.15) is 8.42 Å². The molecule has 0 aliphatic carbocycles. The number of para-hydroxylation sites is 2. The van der Waals surface area contributed by atoms with Crippen LogP contribution >= 0.6 is 0 Å². The molecule has 2 fully saturated rings. The molecule has 1 aromatic rings. The van der Waals surface area contributed by atoms with Crippen molar-refractivity contribution < 1.29 is 17.1 Å². The van der Waals surface area contributed by atoms with Crippen molar-refractivity contribution in [3.8, 4) is 0 Å². The van der Waals surface area contributed by atoms with Crippen molar-refractivity contribution in [3.63, 3.8) is 0 Å². The van der Waals surface area contributed by atoms with Crippen molar-refractivity contribution in [2.24, 2.45) is 5.92 Å². The smallest absolute Gasteiger partial charge is 0.302 e. The van der Waals surface area contributed by atoms with E-state index < -0.39 is 21.9 Å². The van der Waals surface area contributed by atoms with Gasteiger partial charge in [0, 0.05) is 32.0 Å². The maximum Gasteiger partial charge on any atom is 0.302 e. The third-order valence-electron chi connectivity index (χ3n) is 4.26. The largest absolute Gasteiger partial charge is 0.370 e. The minimum Gasteiger partial charge on any atom is -0.370 e. The van der Waals surface area contributed by atoms with E-state index in [0.717, 1.165) is 37.3 Å². The molecule has 0 aromatic heterocycles. The summed E-state index contributed by atoms with van der Waals surface area (Å²) in [5.41, 5.74) is 1.80. The van der Waals surface area contributed by atoms with Gasteiger partial charge < -0.3 is 9.80 Å². The van der Waals surface area contributed by atoms with Crippen molar-refractivity contribution in [2.45, 2.75) is 19.3 Å². The number of hydrogen-bond acceptors (Lipinski definition) is 4. The van der Waals surface area contributed by atoms with Crippen LogP contribution in [0, 0.1) is 5.92 Å². The van der Waals surface area contributed by atoms with Gasteiger partial charge in [-0.3, -0.25) is 4.79 Å². The number of hydrogen-bond donors (Lipinski definition) is 0. The Labute approximate surface area is 129 Å². The topological polar surface area (TPSA) is 57.7 Å². The Morgan fingerprint density at radius 1 is 1.14 bits per heavy atom. The van der Waals surface area contributed by atoms with E-state index in [2.05, 4.69) is 4.90 Å². The van der Waals surface area contributed by atoms with Crippen LogP contribution in [-0.4, -0.2) is 39.7 Å². The maximum atomic E-state index is 12.9. The van der Waals surface area contributed by atoms with Crippen LogP contribution in [0.1, 0.15) is 19.3 Å². The molecule has 1 atom stereocenters. The fourth-order valence-electron chi connectivity index (χ4n) is 3.33. The Balaban J connectivity index is 1.84. The summed E-state index contributed by atoms with van der Waals surface area (Å²) in [6, 6.07) is 7.65. The van der Waals surface area contributed by atoms with E-state index in [1.165, 1.54) is 0 Å². The van der Waals surface area contributed by atoms with Crippen molar-refractivity contribution in [1.82, 2.24) is 0 Å². The predicted octanol–water partition coefficient (Wildman–Crippen LogP) is 1.94. The van der Waals surface area contributed by atoms with Crippen LogP contribution < -0.4 is 9.80 Å². The third-order valence-corrected chi connectivity index (χ3v) is 5.13. The number of anilines is 2. The number of halogens is 1. The van der Waals surface area contributed by atoms with E-state index in [1.54, 1.807) is 4.90 Å². The molecule has 0 saturated carbocycles. The van der Waals surface area contributed by atoms with Gasteiger partial charge in [-0.25, -0.2) is 0 Å². The normalized spacial score (nSPS) is 22.6. The molecule has 2 aliphatic heterocycles. The van der Waals surface area contributed by atoms with Crippen LogP contribution in [-0.2, 0) is 15.0 Å². The molecular formula is C15H19FN2O3S. The van der Waals surface area contributed by atoms with E-state index >= 15 is 0 Å². The molecule has 2 saturated heterocycles. The minimum absolute atomic E-state index is 0.0808. The Hall–Kier alpha value is -1.63. The van der Waals surface area contributed by atoms with Crippen molar-refractivity contribution in [2.75, 3.05) is 35.2 Å². The molecular weight excluding hydrogens is 307 g/mol. The van der Waals surface area contributed by atoms with Crippen LogP contribution in [0.4, 0.5) is 15.3 Å². The second kappa shape index (κ2) is 5.87. The predicted molar refractivity (Wildman–Crippen MR) is 83.2 cm³/mol. The van der Waals surface area contributed by atoms with Crippen LogP contribution in [0.15, 0.2) is 24.3 Å². The zero-order valence-corrected chi connectivity index (χ0v) is 13.1. The lowest BCUT2D eigenvalue weighted by Crippen LogP contribution is -2.28. The summed E-state index contributed by atoms with van der Waals surface area (Å²) in [7, 11) is -4.55. The quantitative estimate of drug-likeness (QED) is 0.794. The maximum absolute atomic E-state index is 12.9. The Morgan fingerprint density at radius 2 is 1.77 bits per heavy atom. The monoisotopic (exact) mass is 326 g/mol. The molecule has 3 rings (SSSR count). The van der Waals surface area contributed by atoms with Gasteiger partial charge in [-0.05, 0) is 25.0 Å². The molecule has 0 bridgehead atoms. The second-order valence-electron chi connectivity index (χ2n) is 5.96. The molecule has 1 amide bonds. The first-order valence-corrected chi connectivity index (χ1v) is 9.06. The molecule has 22 heavy (non-hydrogen) atoms. The molecule has 0 radical (unpaired) electrons. The first-order chi connectivity index (χ1) is 10.4. The van der Waals surface area contributed by atoms with Gasteiger partial charge in [0.05, 0.1) is 17.1 Å². The molecule has 0 spiro atoms. The summed E-state index contributed by atoms with van der Waals surface area (Å²) in [6.07, 6.45) is 2.34. The lowest BCUT2D eigenvalue weighted by molar-refractivity contribution is -0.117. The van der Waals surface area contributed by atoms with Gasteiger partial charge in [0.2, 0.25) is 5.91 Å². The fourth-order valence-corrected chi connectivity index (χ4v) is 4.11. The van der Waals surface area contributed by atoms with Gasteiger partial charge in [-0.1, -0.05) is 12.1 Å². The SMILES string of the molecule is O=C1CC(CS(=O)(=O)F)CN1c1ccccc1N1CCCC1. The Kier molecular flexibility index (Phi) is 4.08. The van der Waals surface area contributed by atoms with Crippen LogP contribution in [0.25, 0.3) is 0 Å². The average molecular weight is 326 g/mol. The number of carbonyl (C=O) groups is 1. The molecule has 1 unspecified atom stereocenters. The summed E-state index contributed by atoms with van der Waals surface area (Å²) in [6.45, 7) is 2.18. The molecule has 2 heterocycles. The van der Waals surface area contributed by atoms with Gasteiger partial charge in [0.15, 0.2) is 0 Å². The highest BCUT2D eigenvalue weighted by Gasteiger charge is 2.35. The van der Waals surface area contributed by atoms with E-state index in [-0.39, 0.29) is 18.9 Å². The van der Waals surface area contributed by atoms with Crippen molar-refractivity contribution in [1.29, 1.82) is 0 Å². The van der Waals surface area contributed by atoms with Crippen molar-refractivity contribution in [3.05, 3.63) is 24.3 Å². The number of carbonyl (C=O) groups excluding carboxylic acids is 1. The highest BCUT2D eigenvalue weighted by atomic mass is 32.3. The number of rotatable bonds is 4. The Morgan fingerprint density at radius 3 is 2.41 bits per heavy atom. The molecule has 7 heteroatoms. The van der Waals surface area contributed by atoms with E-state index in [0.29, 0.717) is 0 Å². The highest BCUT2D eigenvalue weighted by Crippen LogP contribution is 2.35. The van der Waals surface area contributed by atoms with Gasteiger partial charge in [0.1, 0.15) is 0 Å². The first-order valence-electron chi connectivity index (χ1n) is 7.51. The van der Waals surface area contributed by atoms with E-state index in [1.807, 2.05) is 24.3 Å². The lowest BCUT2D eigenvalue weighted by atomic mass is 10.1. The molecule has 0 N–H and O–H groups in total. The van der Waals surface area contributed by atoms with E-state index in [4.69, 9.17) is 0 Å². The molecule has 1 aromatic carbocycles. The number of nitrogens with zero attached hydrogens (tertiary/aromatic N) is 2. The Bertz CT molecular complexity index is 671. The number of amides is 1. The lowest BCUT2D eigenvalue weighted by Gasteiger charge is -2.26. The summed E-state index contributed by atoms with van der Waals surface area (Å²) in [5.74, 6) is -1.20. The fraction of sp³-hybridized carbons (Fsp3) is 0.533. The average Bonchev–Trinajstić information content (AvgIpc) is 3.07. The minimum atomic E-state index is -4.55.